The van der Waals surface area contributed by atoms with Gasteiger partial charge >= 0.3 is 0 Å². The first-order chi connectivity index (χ1) is 7.43. The molecule has 1 aliphatic rings. The lowest BCUT2D eigenvalue weighted by Gasteiger charge is -2.37. The molecule has 1 fully saturated rings. The normalized spacial score (nSPS) is 29.6. The van der Waals surface area contributed by atoms with E-state index in [0.29, 0.717) is 13.1 Å². The summed E-state index contributed by atoms with van der Waals surface area (Å²) in [6.45, 7) is 4.26. The summed E-state index contributed by atoms with van der Waals surface area (Å²) in [5.74, 6) is 0.219. The van der Waals surface area contributed by atoms with E-state index in [0.717, 1.165) is 12.8 Å². The number of rotatable bonds is 3. The maximum atomic E-state index is 12.1. The third kappa shape index (κ3) is 2.54. The van der Waals surface area contributed by atoms with Crippen molar-refractivity contribution in [3.8, 4) is 6.07 Å². The molecule has 0 aromatic carbocycles. The molecular formula is C10H19N3O2S. The minimum absolute atomic E-state index is 0.0244. The summed E-state index contributed by atoms with van der Waals surface area (Å²) in [6.07, 6.45) is 1.78. The molecule has 1 rings (SSSR count). The Labute approximate surface area is 97.3 Å². The zero-order valence-electron chi connectivity index (χ0n) is 9.76. The highest BCUT2D eigenvalue weighted by Crippen LogP contribution is 2.25. The van der Waals surface area contributed by atoms with Gasteiger partial charge in [-0.25, -0.2) is 8.42 Å². The molecule has 1 saturated heterocycles. The lowest BCUT2D eigenvalue weighted by atomic mass is 9.96. The van der Waals surface area contributed by atoms with E-state index in [2.05, 4.69) is 0 Å². The van der Waals surface area contributed by atoms with Crippen LogP contribution in [0, 0.1) is 17.2 Å². The smallest absolute Gasteiger partial charge is 0.230 e. The van der Waals surface area contributed by atoms with E-state index in [4.69, 9.17) is 11.0 Å². The van der Waals surface area contributed by atoms with Crippen molar-refractivity contribution in [2.24, 2.45) is 11.7 Å². The number of nitriles is 1. The fourth-order valence-corrected chi connectivity index (χ4v) is 3.53. The van der Waals surface area contributed by atoms with Gasteiger partial charge in [0.25, 0.3) is 0 Å². The monoisotopic (exact) mass is 245 g/mol. The number of hydrogen-bond acceptors (Lipinski definition) is 4. The van der Waals surface area contributed by atoms with E-state index in [1.165, 1.54) is 11.2 Å². The summed E-state index contributed by atoms with van der Waals surface area (Å²) >= 11 is 0. The fraction of sp³-hybridized carbons (Fsp3) is 0.900. The third-order valence-electron chi connectivity index (χ3n) is 3.21. The SMILES string of the molecule is CC1CCC(CN)CN1S(=O)(=O)C(C)C#N. The lowest BCUT2D eigenvalue weighted by molar-refractivity contribution is 0.210. The van der Waals surface area contributed by atoms with E-state index in [9.17, 15) is 8.42 Å². The van der Waals surface area contributed by atoms with Crippen molar-refractivity contribution in [1.82, 2.24) is 4.31 Å². The molecule has 0 spiro atoms. The molecule has 5 nitrogen and oxygen atoms in total. The number of piperidine rings is 1. The van der Waals surface area contributed by atoms with Crippen LogP contribution >= 0.6 is 0 Å². The van der Waals surface area contributed by atoms with Crippen molar-refractivity contribution in [1.29, 1.82) is 5.26 Å². The maximum absolute atomic E-state index is 12.1. The van der Waals surface area contributed by atoms with Gasteiger partial charge in [0.05, 0.1) is 6.07 Å². The van der Waals surface area contributed by atoms with Crippen LogP contribution in [0.15, 0.2) is 0 Å². The molecule has 1 heterocycles. The number of nitrogens with two attached hydrogens (primary N) is 1. The first-order valence-corrected chi connectivity index (χ1v) is 7.04. The van der Waals surface area contributed by atoms with Gasteiger partial charge in [0.15, 0.2) is 5.25 Å². The van der Waals surface area contributed by atoms with Crippen molar-refractivity contribution < 1.29 is 8.42 Å². The molecule has 0 aromatic heterocycles. The molecule has 1 aliphatic heterocycles. The second kappa shape index (κ2) is 5.13. The Morgan fingerprint density at radius 1 is 1.56 bits per heavy atom. The van der Waals surface area contributed by atoms with Gasteiger partial charge in [0.2, 0.25) is 10.0 Å². The quantitative estimate of drug-likeness (QED) is 0.774. The molecule has 0 bridgehead atoms. The van der Waals surface area contributed by atoms with Gasteiger partial charge in [-0.15, -0.1) is 0 Å². The Bertz CT molecular complexity index is 374. The Morgan fingerprint density at radius 3 is 2.69 bits per heavy atom. The summed E-state index contributed by atoms with van der Waals surface area (Å²) in [7, 11) is -3.49. The van der Waals surface area contributed by atoms with Crippen molar-refractivity contribution in [2.75, 3.05) is 13.1 Å². The average molecular weight is 245 g/mol. The molecule has 0 aliphatic carbocycles. The minimum atomic E-state index is -3.49. The second-order valence-electron chi connectivity index (χ2n) is 4.41. The topological polar surface area (TPSA) is 87.2 Å². The molecule has 0 radical (unpaired) electrons. The zero-order valence-corrected chi connectivity index (χ0v) is 10.6. The summed E-state index contributed by atoms with van der Waals surface area (Å²) in [6, 6.07) is 1.77. The van der Waals surface area contributed by atoms with E-state index < -0.39 is 15.3 Å². The van der Waals surface area contributed by atoms with Crippen molar-refractivity contribution in [3.63, 3.8) is 0 Å². The highest BCUT2D eigenvalue weighted by molar-refractivity contribution is 7.90. The van der Waals surface area contributed by atoms with Crippen molar-refractivity contribution in [3.05, 3.63) is 0 Å². The maximum Gasteiger partial charge on any atom is 0.230 e. The van der Waals surface area contributed by atoms with Crippen LogP contribution in [0.3, 0.4) is 0 Å². The van der Waals surface area contributed by atoms with Crippen LogP contribution in [0.25, 0.3) is 0 Å². The molecular weight excluding hydrogens is 226 g/mol. The van der Waals surface area contributed by atoms with Crippen LogP contribution in [-0.2, 0) is 10.0 Å². The summed E-state index contributed by atoms with van der Waals surface area (Å²) in [5, 5.41) is 7.75. The van der Waals surface area contributed by atoms with Gasteiger partial charge in [-0.05, 0) is 39.2 Å². The average Bonchev–Trinajstić information content (AvgIpc) is 2.28. The molecule has 2 N–H and O–H groups in total. The molecule has 16 heavy (non-hydrogen) atoms. The summed E-state index contributed by atoms with van der Waals surface area (Å²) in [5.41, 5.74) is 5.58. The highest BCUT2D eigenvalue weighted by atomic mass is 32.2. The van der Waals surface area contributed by atoms with Gasteiger partial charge in [-0.3, -0.25) is 0 Å². The Balaban J connectivity index is 2.89. The first-order valence-electron chi connectivity index (χ1n) is 5.53. The minimum Gasteiger partial charge on any atom is -0.330 e. The summed E-state index contributed by atoms with van der Waals surface area (Å²) < 4.78 is 25.5. The lowest BCUT2D eigenvalue weighted by Crippen LogP contribution is -2.49. The third-order valence-corrected chi connectivity index (χ3v) is 5.37. The Morgan fingerprint density at radius 2 is 2.19 bits per heavy atom. The highest BCUT2D eigenvalue weighted by Gasteiger charge is 2.36. The van der Waals surface area contributed by atoms with E-state index >= 15 is 0 Å². The van der Waals surface area contributed by atoms with Gasteiger partial charge in [-0.2, -0.15) is 9.57 Å². The van der Waals surface area contributed by atoms with Crippen LogP contribution in [0.5, 0.6) is 0 Å². The van der Waals surface area contributed by atoms with Gasteiger partial charge < -0.3 is 5.73 Å². The van der Waals surface area contributed by atoms with Crippen LogP contribution in [-0.4, -0.2) is 37.1 Å². The second-order valence-corrected chi connectivity index (χ2v) is 6.62. The Kier molecular flexibility index (Phi) is 4.30. The fourth-order valence-electron chi connectivity index (χ4n) is 1.96. The van der Waals surface area contributed by atoms with Crippen LogP contribution in [0.2, 0.25) is 0 Å². The van der Waals surface area contributed by atoms with Crippen LogP contribution < -0.4 is 5.73 Å². The largest absolute Gasteiger partial charge is 0.330 e. The molecule has 3 atom stereocenters. The van der Waals surface area contributed by atoms with E-state index in [-0.39, 0.29) is 12.0 Å². The number of hydrogen-bond donors (Lipinski definition) is 1. The predicted molar refractivity (Wildman–Crippen MR) is 61.9 cm³/mol. The molecule has 0 amide bonds. The van der Waals surface area contributed by atoms with Gasteiger partial charge in [0.1, 0.15) is 0 Å². The predicted octanol–water partition coefficient (Wildman–Crippen LogP) is 0.287. The number of nitrogens with zero attached hydrogens (tertiary/aromatic N) is 2. The molecule has 0 aromatic rings. The summed E-state index contributed by atoms with van der Waals surface area (Å²) in [4.78, 5) is 0. The van der Waals surface area contributed by atoms with E-state index in [1.54, 1.807) is 6.07 Å². The van der Waals surface area contributed by atoms with E-state index in [1.807, 2.05) is 6.92 Å². The van der Waals surface area contributed by atoms with Gasteiger partial charge in [0, 0.05) is 12.6 Å². The molecule has 0 saturated carbocycles. The number of sulfonamides is 1. The standard InChI is InChI=1S/C10H19N3O2S/c1-8-3-4-10(6-12)7-13(8)16(14,15)9(2)5-11/h8-10H,3-4,6-7,12H2,1-2H3. The molecule has 3 unspecified atom stereocenters. The van der Waals surface area contributed by atoms with Gasteiger partial charge in [-0.1, -0.05) is 0 Å². The molecule has 6 heteroatoms. The first kappa shape index (κ1) is 13.4. The Hall–Kier alpha value is -0.640. The van der Waals surface area contributed by atoms with Crippen molar-refractivity contribution in [2.45, 2.75) is 38.0 Å². The molecule has 92 valence electrons. The zero-order chi connectivity index (χ0) is 12.3. The van der Waals surface area contributed by atoms with Crippen LogP contribution in [0.4, 0.5) is 0 Å². The van der Waals surface area contributed by atoms with Crippen molar-refractivity contribution >= 4 is 10.0 Å². The van der Waals surface area contributed by atoms with Crippen LogP contribution in [0.1, 0.15) is 26.7 Å².